The van der Waals surface area contributed by atoms with Gasteiger partial charge in [-0.1, -0.05) is 61.9 Å². The molecule has 0 saturated heterocycles. The zero-order valence-corrected chi connectivity index (χ0v) is 16.5. The van der Waals surface area contributed by atoms with Gasteiger partial charge >= 0.3 is 5.97 Å². The van der Waals surface area contributed by atoms with Gasteiger partial charge in [-0.15, -0.1) is 0 Å². The first-order valence-electron chi connectivity index (χ1n) is 9.55. The molecular weight excluding hydrogens is 348 g/mol. The summed E-state index contributed by atoms with van der Waals surface area (Å²) in [7, 11) is 1.76. The Morgan fingerprint density at radius 1 is 1.07 bits per heavy atom. The van der Waals surface area contributed by atoms with Gasteiger partial charge in [-0.3, -0.25) is 0 Å². The highest BCUT2D eigenvalue weighted by Crippen LogP contribution is 2.32. The standard InChI is InChI=1S/C24H24N2O2/c1-4-8-17-9-6-7-10-21(17)18-11-13-19(14-12-18)22-20(15-25)16-26(3)23(22)24(27)28-5-2/h6-7,9-14,16H,4-5,8H2,1-3H3. The molecule has 1 aromatic heterocycles. The number of aromatic nitrogens is 1. The highest BCUT2D eigenvalue weighted by Gasteiger charge is 2.22. The number of nitrogens with zero attached hydrogens (tertiary/aromatic N) is 2. The molecule has 0 bridgehead atoms. The normalized spacial score (nSPS) is 10.5. The topological polar surface area (TPSA) is 55.0 Å². The Morgan fingerprint density at radius 2 is 1.75 bits per heavy atom. The number of ether oxygens (including phenoxy) is 1. The number of carbonyl (C=O) groups excluding carboxylic acids is 1. The predicted molar refractivity (Wildman–Crippen MR) is 111 cm³/mol. The molecule has 0 saturated carbocycles. The van der Waals surface area contributed by atoms with Crippen LogP contribution in [-0.4, -0.2) is 17.1 Å². The molecule has 0 unspecified atom stereocenters. The van der Waals surface area contributed by atoms with Crippen molar-refractivity contribution in [3.8, 4) is 28.3 Å². The van der Waals surface area contributed by atoms with E-state index in [4.69, 9.17) is 4.74 Å². The lowest BCUT2D eigenvalue weighted by molar-refractivity contribution is 0.0516. The molecule has 0 N–H and O–H groups in total. The van der Waals surface area contributed by atoms with Gasteiger partial charge in [0.25, 0.3) is 0 Å². The Hall–Kier alpha value is -3.32. The first-order chi connectivity index (χ1) is 13.6. The summed E-state index contributed by atoms with van der Waals surface area (Å²) in [6.07, 6.45) is 3.79. The van der Waals surface area contributed by atoms with Crippen LogP contribution in [-0.2, 0) is 18.2 Å². The minimum Gasteiger partial charge on any atom is -0.461 e. The van der Waals surface area contributed by atoms with Crippen LogP contribution in [0.25, 0.3) is 22.3 Å². The second kappa shape index (κ2) is 8.58. The van der Waals surface area contributed by atoms with Crippen LogP contribution in [0.3, 0.4) is 0 Å². The van der Waals surface area contributed by atoms with E-state index >= 15 is 0 Å². The van der Waals surface area contributed by atoms with Gasteiger partial charge in [0.2, 0.25) is 0 Å². The molecule has 3 rings (SSSR count). The second-order valence-electron chi connectivity index (χ2n) is 6.69. The van der Waals surface area contributed by atoms with Crippen molar-refractivity contribution in [3.63, 3.8) is 0 Å². The summed E-state index contributed by atoms with van der Waals surface area (Å²) in [4.78, 5) is 12.4. The van der Waals surface area contributed by atoms with E-state index in [1.807, 2.05) is 30.3 Å². The van der Waals surface area contributed by atoms with E-state index in [1.54, 1.807) is 24.7 Å². The number of hydrogen-bond acceptors (Lipinski definition) is 3. The molecule has 0 aliphatic carbocycles. The number of hydrogen-bond donors (Lipinski definition) is 0. The van der Waals surface area contributed by atoms with E-state index in [-0.39, 0.29) is 0 Å². The molecule has 3 aromatic rings. The number of esters is 1. The molecular formula is C24H24N2O2. The zero-order chi connectivity index (χ0) is 20.1. The van der Waals surface area contributed by atoms with E-state index < -0.39 is 5.97 Å². The monoisotopic (exact) mass is 372 g/mol. The fourth-order valence-corrected chi connectivity index (χ4v) is 3.55. The van der Waals surface area contributed by atoms with Crippen LogP contribution in [0, 0.1) is 11.3 Å². The highest BCUT2D eigenvalue weighted by atomic mass is 16.5. The van der Waals surface area contributed by atoms with Crippen LogP contribution < -0.4 is 0 Å². The van der Waals surface area contributed by atoms with Crippen LogP contribution in [0.5, 0.6) is 0 Å². The van der Waals surface area contributed by atoms with Crippen LogP contribution in [0.15, 0.2) is 54.7 Å². The summed E-state index contributed by atoms with van der Waals surface area (Å²) in [6.45, 7) is 4.24. The fraction of sp³-hybridized carbons (Fsp3) is 0.250. The summed E-state index contributed by atoms with van der Waals surface area (Å²) >= 11 is 0. The van der Waals surface area contributed by atoms with Crippen molar-refractivity contribution in [2.24, 2.45) is 7.05 Å². The summed E-state index contributed by atoms with van der Waals surface area (Å²) in [6, 6.07) is 18.6. The van der Waals surface area contributed by atoms with Gasteiger partial charge in [0.1, 0.15) is 11.8 Å². The summed E-state index contributed by atoms with van der Waals surface area (Å²) in [5, 5.41) is 9.54. The van der Waals surface area contributed by atoms with E-state index in [0.717, 1.165) is 24.0 Å². The van der Waals surface area contributed by atoms with Gasteiger partial charge in [-0.2, -0.15) is 5.26 Å². The van der Waals surface area contributed by atoms with Crippen LogP contribution >= 0.6 is 0 Å². The molecule has 28 heavy (non-hydrogen) atoms. The minimum atomic E-state index is -0.418. The number of rotatable bonds is 6. The Morgan fingerprint density at radius 3 is 2.39 bits per heavy atom. The average Bonchev–Trinajstić information content (AvgIpc) is 3.05. The minimum absolute atomic E-state index is 0.290. The van der Waals surface area contributed by atoms with Gasteiger partial charge in [0, 0.05) is 18.8 Å². The number of nitriles is 1. The third-order valence-corrected chi connectivity index (χ3v) is 4.79. The quantitative estimate of drug-likeness (QED) is 0.547. The number of aryl methyl sites for hydroxylation is 2. The predicted octanol–water partition coefficient (Wildman–Crippen LogP) is 5.36. The zero-order valence-electron chi connectivity index (χ0n) is 16.5. The van der Waals surface area contributed by atoms with Gasteiger partial charge in [-0.25, -0.2) is 4.79 Å². The Balaban J connectivity index is 2.06. The molecule has 0 radical (unpaired) electrons. The summed E-state index contributed by atoms with van der Waals surface area (Å²) in [5.74, 6) is -0.418. The van der Waals surface area contributed by atoms with Gasteiger partial charge in [0.05, 0.1) is 12.2 Å². The maximum atomic E-state index is 12.4. The summed E-state index contributed by atoms with van der Waals surface area (Å²) < 4.78 is 6.86. The van der Waals surface area contributed by atoms with Crippen molar-refractivity contribution in [1.82, 2.24) is 4.57 Å². The van der Waals surface area contributed by atoms with Crippen molar-refractivity contribution >= 4 is 5.97 Å². The first kappa shape index (κ1) is 19.4. The molecule has 0 fully saturated rings. The lowest BCUT2D eigenvalue weighted by Crippen LogP contribution is -2.10. The molecule has 0 aliphatic heterocycles. The van der Waals surface area contributed by atoms with E-state index in [0.29, 0.717) is 23.4 Å². The molecule has 0 atom stereocenters. The molecule has 1 heterocycles. The second-order valence-corrected chi connectivity index (χ2v) is 6.69. The van der Waals surface area contributed by atoms with E-state index in [2.05, 4.69) is 31.2 Å². The highest BCUT2D eigenvalue weighted by molar-refractivity contribution is 5.98. The molecule has 0 amide bonds. The number of benzene rings is 2. The largest absolute Gasteiger partial charge is 0.461 e. The van der Waals surface area contributed by atoms with E-state index in [1.165, 1.54) is 11.1 Å². The third kappa shape index (κ3) is 3.70. The average molecular weight is 372 g/mol. The third-order valence-electron chi connectivity index (χ3n) is 4.79. The molecule has 142 valence electrons. The number of carbonyl (C=O) groups is 1. The maximum Gasteiger partial charge on any atom is 0.355 e. The van der Waals surface area contributed by atoms with Gasteiger partial charge in [0.15, 0.2) is 0 Å². The molecule has 0 aliphatic rings. The smallest absolute Gasteiger partial charge is 0.355 e. The van der Waals surface area contributed by atoms with Crippen molar-refractivity contribution in [2.75, 3.05) is 6.61 Å². The van der Waals surface area contributed by atoms with Crippen molar-refractivity contribution in [2.45, 2.75) is 26.7 Å². The van der Waals surface area contributed by atoms with Crippen LogP contribution in [0.4, 0.5) is 0 Å². The van der Waals surface area contributed by atoms with Crippen LogP contribution in [0.1, 0.15) is 41.9 Å². The van der Waals surface area contributed by atoms with Crippen molar-refractivity contribution in [3.05, 3.63) is 71.5 Å². The maximum absolute atomic E-state index is 12.4. The van der Waals surface area contributed by atoms with Crippen molar-refractivity contribution in [1.29, 1.82) is 5.26 Å². The lowest BCUT2D eigenvalue weighted by atomic mass is 9.94. The molecule has 2 aromatic carbocycles. The Labute approximate surface area is 166 Å². The van der Waals surface area contributed by atoms with E-state index in [9.17, 15) is 10.1 Å². The molecule has 4 nitrogen and oxygen atoms in total. The fourth-order valence-electron chi connectivity index (χ4n) is 3.55. The van der Waals surface area contributed by atoms with Crippen LogP contribution in [0.2, 0.25) is 0 Å². The molecule has 0 spiro atoms. The molecule has 4 heteroatoms. The summed E-state index contributed by atoms with van der Waals surface area (Å²) in [5.41, 5.74) is 5.98. The Bertz CT molecular complexity index is 1020. The Kier molecular flexibility index (Phi) is 5.96. The first-order valence-corrected chi connectivity index (χ1v) is 9.55. The van der Waals surface area contributed by atoms with Gasteiger partial charge < -0.3 is 9.30 Å². The SMILES string of the molecule is CCCc1ccccc1-c1ccc(-c2c(C#N)cn(C)c2C(=O)OCC)cc1. The van der Waals surface area contributed by atoms with Crippen molar-refractivity contribution < 1.29 is 9.53 Å². The van der Waals surface area contributed by atoms with Gasteiger partial charge in [-0.05, 0) is 35.6 Å². The lowest BCUT2D eigenvalue weighted by Gasteiger charge is -2.11.